The highest BCUT2D eigenvalue weighted by molar-refractivity contribution is 4.54. The zero-order valence-electron chi connectivity index (χ0n) is 6.57. The Kier molecular flexibility index (Phi) is 8.00. The minimum absolute atomic E-state index is 0. The van der Waals surface area contributed by atoms with Gasteiger partial charge in [-0.3, -0.25) is 0 Å². The lowest BCUT2D eigenvalue weighted by Gasteiger charge is -2.12. The van der Waals surface area contributed by atoms with E-state index in [1.165, 1.54) is 12.8 Å². The molecule has 0 heteroatoms. The fraction of sp³-hybridized carbons (Fsp3) is 1.00. The highest BCUT2D eigenvalue weighted by Crippen LogP contribution is 2.14. The number of rotatable bonds is 3. The summed E-state index contributed by atoms with van der Waals surface area (Å²) in [5.74, 6) is 1.79. The molecule has 0 saturated heterocycles. The van der Waals surface area contributed by atoms with Gasteiger partial charge in [-0.1, -0.05) is 48.0 Å². The van der Waals surface area contributed by atoms with Crippen LogP contribution in [0, 0.1) is 11.8 Å². The second kappa shape index (κ2) is 6.12. The van der Waals surface area contributed by atoms with Crippen LogP contribution in [0.3, 0.4) is 0 Å². The van der Waals surface area contributed by atoms with Gasteiger partial charge in [0.2, 0.25) is 0 Å². The van der Waals surface area contributed by atoms with Gasteiger partial charge >= 0.3 is 0 Å². The van der Waals surface area contributed by atoms with Gasteiger partial charge in [0.1, 0.15) is 0 Å². The quantitative estimate of drug-likeness (QED) is 0.546. The van der Waals surface area contributed by atoms with E-state index in [0.717, 1.165) is 11.8 Å². The van der Waals surface area contributed by atoms with Crippen LogP contribution >= 0.6 is 0 Å². The van der Waals surface area contributed by atoms with Crippen LogP contribution in [0.25, 0.3) is 0 Å². The molecule has 0 aromatic rings. The molecule has 1 atom stereocenters. The molecule has 9 heavy (non-hydrogen) atoms. The van der Waals surface area contributed by atoms with Gasteiger partial charge in [-0.2, -0.15) is 0 Å². The van der Waals surface area contributed by atoms with Crippen LogP contribution in [0.2, 0.25) is 0 Å². The van der Waals surface area contributed by atoms with Gasteiger partial charge in [0.25, 0.3) is 0 Å². The predicted molar refractivity (Wildman–Crippen MR) is 45.6 cm³/mol. The molecule has 0 spiro atoms. The van der Waals surface area contributed by atoms with Gasteiger partial charge in [-0.05, 0) is 11.8 Å². The van der Waals surface area contributed by atoms with E-state index in [4.69, 9.17) is 0 Å². The molecule has 0 N–H and O–H groups in total. The molecule has 1 unspecified atom stereocenters. The summed E-state index contributed by atoms with van der Waals surface area (Å²) in [6.45, 7) is 9.16. The van der Waals surface area contributed by atoms with Crippen molar-refractivity contribution in [1.29, 1.82) is 0 Å². The van der Waals surface area contributed by atoms with Crippen molar-refractivity contribution in [3.63, 3.8) is 0 Å². The first kappa shape index (κ1) is 11.8. The molecular formula is C9H22. The molecule has 0 heterocycles. The van der Waals surface area contributed by atoms with Crippen molar-refractivity contribution in [2.45, 2.75) is 48.0 Å². The van der Waals surface area contributed by atoms with Crippen molar-refractivity contribution in [3.8, 4) is 0 Å². The monoisotopic (exact) mass is 130 g/mol. The van der Waals surface area contributed by atoms with Crippen molar-refractivity contribution in [2.75, 3.05) is 0 Å². The first-order valence-corrected chi connectivity index (χ1v) is 3.68. The lowest BCUT2D eigenvalue weighted by molar-refractivity contribution is 0.389. The van der Waals surface area contributed by atoms with Crippen molar-refractivity contribution in [3.05, 3.63) is 0 Å². The Balaban J connectivity index is 0. The van der Waals surface area contributed by atoms with E-state index in [-0.39, 0.29) is 7.43 Å². The van der Waals surface area contributed by atoms with Crippen LogP contribution in [0.5, 0.6) is 0 Å². The molecule has 0 rings (SSSR count). The summed E-state index contributed by atoms with van der Waals surface area (Å²) in [6.07, 6.45) is 2.72. The molecule has 0 aromatic carbocycles. The summed E-state index contributed by atoms with van der Waals surface area (Å²) in [7, 11) is 0. The standard InChI is InChI=1S/C8H18.CH4/c1-5-6-8(4)7(2)3;/h7-8H,5-6H2,1-4H3;1H4. The molecule has 0 nitrogen and oxygen atoms in total. The van der Waals surface area contributed by atoms with E-state index in [1.807, 2.05) is 0 Å². The molecule has 0 aliphatic carbocycles. The molecule has 0 amide bonds. The largest absolute Gasteiger partial charge is 0.0776 e. The minimum atomic E-state index is 0. The maximum absolute atomic E-state index is 2.33. The maximum Gasteiger partial charge on any atom is -0.0420 e. The third-order valence-electron chi connectivity index (χ3n) is 1.88. The zero-order valence-corrected chi connectivity index (χ0v) is 6.57. The average Bonchev–Trinajstić information content (AvgIpc) is 1.67. The topological polar surface area (TPSA) is 0 Å². The van der Waals surface area contributed by atoms with Crippen LogP contribution in [0.1, 0.15) is 48.0 Å². The maximum atomic E-state index is 2.33. The number of hydrogen-bond donors (Lipinski definition) is 0. The van der Waals surface area contributed by atoms with E-state index in [9.17, 15) is 0 Å². The zero-order chi connectivity index (χ0) is 6.57. The minimum Gasteiger partial charge on any atom is -0.0776 e. The Morgan fingerprint density at radius 2 is 1.56 bits per heavy atom. The molecule has 0 aliphatic rings. The fourth-order valence-electron chi connectivity index (χ4n) is 0.789. The van der Waals surface area contributed by atoms with Crippen LogP contribution in [0.4, 0.5) is 0 Å². The summed E-state index contributed by atoms with van der Waals surface area (Å²) < 4.78 is 0. The summed E-state index contributed by atoms with van der Waals surface area (Å²) in [6, 6.07) is 0. The molecule has 0 bridgehead atoms. The number of hydrogen-bond acceptors (Lipinski definition) is 0. The van der Waals surface area contributed by atoms with Crippen molar-refractivity contribution >= 4 is 0 Å². The van der Waals surface area contributed by atoms with Gasteiger partial charge in [0.15, 0.2) is 0 Å². The van der Waals surface area contributed by atoms with E-state index in [2.05, 4.69) is 27.7 Å². The Morgan fingerprint density at radius 3 is 1.67 bits per heavy atom. The highest BCUT2D eigenvalue weighted by atomic mass is 14.1. The van der Waals surface area contributed by atoms with E-state index >= 15 is 0 Å². The van der Waals surface area contributed by atoms with Gasteiger partial charge in [-0.25, -0.2) is 0 Å². The Labute approximate surface area is 60.7 Å². The van der Waals surface area contributed by atoms with Crippen molar-refractivity contribution < 1.29 is 0 Å². The van der Waals surface area contributed by atoms with Gasteiger partial charge in [0, 0.05) is 0 Å². The average molecular weight is 130 g/mol. The highest BCUT2D eigenvalue weighted by Gasteiger charge is 2.03. The third kappa shape index (κ3) is 5.88. The Bertz CT molecular complexity index is 46.0. The molecule has 0 aliphatic heterocycles. The van der Waals surface area contributed by atoms with Crippen molar-refractivity contribution in [1.82, 2.24) is 0 Å². The van der Waals surface area contributed by atoms with Crippen LogP contribution in [0.15, 0.2) is 0 Å². The summed E-state index contributed by atoms with van der Waals surface area (Å²) in [5, 5.41) is 0. The molecule has 58 valence electrons. The lowest BCUT2D eigenvalue weighted by Crippen LogP contribution is -2.02. The molecular weight excluding hydrogens is 108 g/mol. The van der Waals surface area contributed by atoms with Crippen LogP contribution in [-0.4, -0.2) is 0 Å². The molecule has 0 aromatic heterocycles. The SMILES string of the molecule is C.CCCC(C)C(C)C. The first-order valence-electron chi connectivity index (χ1n) is 3.68. The van der Waals surface area contributed by atoms with E-state index in [1.54, 1.807) is 0 Å². The predicted octanol–water partition coefficient (Wildman–Crippen LogP) is 3.71. The first-order chi connectivity index (χ1) is 3.68. The molecule has 0 radical (unpaired) electrons. The van der Waals surface area contributed by atoms with E-state index < -0.39 is 0 Å². The van der Waals surface area contributed by atoms with Gasteiger partial charge in [-0.15, -0.1) is 0 Å². The summed E-state index contributed by atoms with van der Waals surface area (Å²) >= 11 is 0. The fourth-order valence-corrected chi connectivity index (χ4v) is 0.789. The summed E-state index contributed by atoms with van der Waals surface area (Å²) in [4.78, 5) is 0. The van der Waals surface area contributed by atoms with Crippen LogP contribution < -0.4 is 0 Å². The lowest BCUT2D eigenvalue weighted by atomic mass is 9.94. The smallest absolute Gasteiger partial charge is 0.0420 e. The summed E-state index contributed by atoms with van der Waals surface area (Å²) in [5.41, 5.74) is 0. The second-order valence-electron chi connectivity index (χ2n) is 3.01. The molecule has 0 saturated carbocycles. The molecule has 0 fully saturated rings. The third-order valence-corrected chi connectivity index (χ3v) is 1.88. The van der Waals surface area contributed by atoms with Gasteiger partial charge < -0.3 is 0 Å². The normalized spacial score (nSPS) is 13.0. The Hall–Kier alpha value is 0. The van der Waals surface area contributed by atoms with E-state index in [0.29, 0.717) is 0 Å². The Morgan fingerprint density at radius 1 is 1.11 bits per heavy atom. The van der Waals surface area contributed by atoms with Crippen molar-refractivity contribution in [2.24, 2.45) is 11.8 Å². The van der Waals surface area contributed by atoms with Gasteiger partial charge in [0.05, 0.1) is 0 Å². The van der Waals surface area contributed by atoms with Crippen LogP contribution in [-0.2, 0) is 0 Å². The second-order valence-corrected chi connectivity index (χ2v) is 3.01.